The fraction of sp³-hybridized carbons (Fsp3) is 0.188. The molecule has 0 aliphatic carbocycles. The molecule has 0 spiro atoms. The fourth-order valence-corrected chi connectivity index (χ4v) is 2.50. The lowest BCUT2D eigenvalue weighted by Crippen LogP contribution is -2.34. The van der Waals surface area contributed by atoms with Crippen LogP contribution in [-0.4, -0.2) is 22.2 Å². The van der Waals surface area contributed by atoms with E-state index in [1.54, 1.807) is 0 Å². The first-order chi connectivity index (χ1) is 13.0. The molecular weight excluding hydrogens is 397 g/mol. The van der Waals surface area contributed by atoms with Gasteiger partial charge in [-0.1, -0.05) is 0 Å². The monoisotopic (exact) mass is 406 g/mol. The number of hydrogen-bond donors (Lipinski definition) is 1. The molecule has 0 unspecified atom stereocenters. The Bertz CT molecular complexity index is 1050. The second kappa shape index (κ2) is 6.77. The van der Waals surface area contributed by atoms with Crippen molar-refractivity contribution < 1.29 is 35.5 Å². The highest BCUT2D eigenvalue weighted by atomic mass is 19.4. The average Bonchev–Trinajstić information content (AvgIpc) is 2.56. The molecule has 0 radical (unpaired) electrons. The van der Waals surface area contributed by atoms with Gasteiger partial charge in [0.05, 0.1) is 23.0 Å². The van der Waals surface area contributed by atoms with Crippen LogP contribution in [-0.2, 0) is 0 Å². The molecule has 0 saturated heterocycles. The summed E-state index contributed by atoms with van der Waals surface area (Å²) in [5, 5.41) is 13.7. The molecule has 2 aromatic heterocycles. The second-order valence-corrected chi connectivity index (χ2v) is 5.73. The van der Waals surface area contributed by atoms with Crippen LogP contribution >= 0.6 is 0 Å². The maximum absolute atomic E-state index is 14.6. The van der Waals surface area contributed by atoms with Gasteiger partial charge in [-0.3, -0.25) is 0 Å². The lowest BCUT2D eigenvalue weighted by atomic mass is 10.0. The minimum Gasteiger partial charge on any atom is -0.710 e. The Labute approximate surface area is 152 Å². The largest absolute Gasteiger partial charge is 0.710 e. The molecular formula is C16H9F7N4O. The summed E-state index contributed by atoms with van der Waals surface area (Å²) in [4.78, 5) is 6.94. The van der Waals surface area contributed by atoms with E-state index >= 15 is 0 Å². The smallest absolute Gasteiger partial charge is 0.408 e. The van der Waals surface area contributed by atoms with Gasteiger partial charge in [0.15, 0.2) is 5.52 Å². The molecule has 0 aliphatic rings. The SMILES string of the molecule is C[C@H](Nc1c(-c2c(F)cc(F)cc2F)c(F)nc2c1ncc[n+]2[O-])C(F)(F)F. The summed E-state index contributed by atoms with van der Waals surface area (Å²) in [6.07, 6.45) is -3.13. The Balaban J connectivity index is 2.40. The van der Waals surface area contributed by atoms with Crippen LogP contribution in [0.2, 0.25) is 0 Å². The summed E-state index contributed by atoms with van der Waals surface area (Å²) < 4.78 is 95.2. The zero-order chi connectivity index (χ0) is 20.8. The molecule has 28 heavy (non-hydrogen) atoms. The van der Waals surface area contributed by atoms with Crippen LogP contribution in [0.25, 0.3) is 22.3 Å². The average molecular weight is 406 g/mol. The van der Waals surface area contributed by atoms with Crippen molar-refractivity contribution in [2.75, 3.05) is 5.32 Å². The predicted molar refractivity (Wildman–Crippen MR) is 82.9 cm³/mol. The van der Waals surface area contributed by atoms with Crippen molar-refractivity contribution in [2.24, 2.45) is 0 Å². The van der Waals surface area contributed by atoms with Crippen molar-refractivity contribution in [3.8, 4) is 11.1 Å². The molecule has 1 aromatic carbocycles. The number of halogens is 7. The Morgan fingerprint density at radius 3 is 2.25 bits per heavy atom. The molecule has 3 aromatic rings. The number of alkyl halides is 3. The summed E-state index contributed by atoms with van der Waals surface area (Å²) >= 11 is 0. The van der Waals surface area contributed by atoms with Crippen molar-refractivity contribution in [3.05, 3.63) is 53.1 Å². The maximum atomic E-state index is 14.6. The van der Waals surface area contributed by atoms with E-state index in [1.165, 1.54) is 0 Å². The van der Waals surface area contributed by atoms with Crippen LogP contribution in [0.5, 0.6) is 0 Å². The van der Waals surface area contributed by atoms with Gasteiger partial charge < -0.3 is 10.5 Å². The number of nitrogens with one attached hydrogen (secondary N) is 1. The molecule has 5 nitrogen and oxygen atoms in total. The van der Waals surface area contributed by atoms with Crippen molar-refractivity contribution in [2.45, 2.75) is 19.1 Å². The van der Waals surface area contributed by atoms with Crippen LogP contribution in [0.15, 0.2) is 24.5 Å². The van der Waals surface area contributed by atoms with Crippen molar-refractivity contribution in [1.82, 2.24) is 9.97 Å². The highest BCUT2D eigenvalue weighted by Gasteiger charge is 2.38. The van der Waals surface area contributed by atoms with Gasteiger partial charge in [-0.15, -0.1) is 0 Å². The molecule has 2 heterocycles. The van der Waals surface area contributed by atoms with Crippen LogP contribution in [0.3, 0.4) is 0 Å². The summed E-state index contributed by atoms with van der Waals surface area (Å²) in [6, 6.07) is -1.86. The zero-order valence-electron chi connectivity index (χ0n) is 13.8. The number of anilines is 1. The number of nitrogens with zero attached hydrogens (tertiary/aromatic N) is 3. The quantitative estimate of drug-likeness (QED) is 0.311. The van der Waals surface area contributed by atoms with E-state index in [-0.39, 0.29) is 16.9 Å². The van der Waals surface area contributed by atoms with Gasteiger partial charge in [-0.05, 0) is 11.9 Å². The number of fused-ring (bicyclic) bond motifs is 1. The van der Waals surface area contributed by atoms with Crippen LogP contribution in [0.4, 0.5) is 36.4 Å². The van der Waals surface area contributed by atoms with Gasteiger partial charge in [0, 0.05) is 12.1 Å². The maximum Gasteiger partial charge on any atom is 0.408 e. The molecule has 0 fully saturated rings. The molecule has 3 rings (SSSR count). The number of rotatable bonds is 3. The summed E-state index contributed by atoms with van der Waals surface area (Å²) in [7, 11) is 0. The van der Waals surface area contributed by atoms with E-state index in [4.69, 9.17) is 0 Å². The van der Waals surface area contributed by atoms with E-state index < -0.39 is 63.6 Å². The highest BCUT2D eigenvalue weighted by molar-refractivity contribution is 5.95. The molecule has 0 aliphatic heterocycles. The molecule has 0 saturated carbocycles. The molecule has 1 atom stereocenters. The van der Waals surface area contributed by atoms with Crippen molar-refractivity contribution in [3.63, 3.8) is 0 Å². The number of pyridine rings is 1. The van der Waals surface area contributed by atoms with Gasteiger partial charge >= 0.3 is 17.8 Å². The van der Waals surface area contributed by atoms with E-state index in [1.807, 2.05) is 5.32 Å². The third kappa shape index (κ3) is 3.37. The van der Waals surface area contributed by atoms with Crippen LogP contribution in [0, 0.1) is 28.6 Å². The molecule has 1 N–H and O–H groups in total. The number of hydrogen-bond acceptors (Lipinski definition) is 4. The highest BCUT2D eigenvalue weighted by Crippen LogP contribution is 2.39. The van der Waals surface area contributed by atoms with Crippen LogP contribution < -0.4 is 10.0 Å². The molecule has 12 heteroatoms. The van der Waals surface area contributed by atoms with Gasteiger partial charge in [0.25, 0.3) is 0 Å². The summed E-state index contributed by atoms with van der Waals surface area (Å²) in [6.45, 7) is 0.666. The molecule has 148 valence electrons. The van der Waals surface area contributed by atoms with Gasteiger partial charge in [-0.2, -0.15) is 17.6 Å². The lowest BCUT2D eigenvalue weighted by molar-refractivity contribution is -0.579. The Hall–Kier alpha value is -3.18. The first-order valence-electron chi connectivity index (χ1n) is 7.56. The minimum atomic E-state index is -4.83. The predicted octanol–water partition coefficient (Wildman–Crippen LogP) is 3.85. The van der Waals surface area contributed by atoms with Gasteiger partial charge in [0.1, 0.15) is 29.7 Å². The van der Waals surface area contributed by atoms with Crippen LogP contribution in [0.1, 0.15) is 6.92 Å². The van der Waals surface area contributed by atoms with Gasteiger partial charge in [-0.25, -0.2) is 22.9 Å². The minimum absolute atomic E-state index is 0.0238. The van der Waals surface area contributed by atoms with Crippen molar-refractivity contribution >= 4 is 16.9 Å². The van der Waals surface area contributed by atoms with E-state index in [0.717, 1.165) is 12.4 Å². The third-order valence-corrected chi connectivity index (χ3v) is 3.83. The molecule has 0 amide bonds. The first kappa shape index (κ1) is 19.6. The summed E-state index contributed by atoms with van der Waals surface area (Å²) in [5.74, 6) is -6.12. The van der Waals surface area contributed by atoms with E-state index in [9.17, 15) is 35.9 Å². The second-order valence-electron chi connectivity index (χ2n) is 5.73. The van der Waals surface area contributed by atoms with E-state index in [2.05, 4.69) is 9.97 Å². The summed E-state index contributed by atoms with van der Waals surface area (Å²) in [5.41, 5.74) is -4.32. The lowest BCUT2D eigenvalue weighted by Gasteiger charge is -2.21. The fourth-order valence-electron chi connectivity index (χ4n) is 2.50. The number of aromatic nitrogens is 3. The van der Waals surface area contributed by atoms with E-state index in [0.29, 0.717) is 6.92 Å². The zero-order valence-corrected chi connectivity index (χ0v) is 13.8. The Morgan fingerprint density at radius 1 is 1.07 bits per heavy atom. The normalized spacial score (nSPS) is 13.0. The topological polar surface area (TPSA) is 64.8 Å². The Kier molecular flexibility index (Phi) is 4.73. The van der Waals surface area contributed by atoms with Crippen molar-refractivity contribution in [1.29, 1.82) is 0 Å². The van der Waals surface area contributed by atoms with Gasteiger partial charge in [0.2, 0.25) is 0 Å². The number of benzene rings is 1. The third-order valence-electron chi connectivity index (χ3n) is 3.83. The Morgan fingerprint density at radius 2 is 1.68 bits per heavy atom. The standard InChI is InChI=1S/C16H9F7N4O/c1-6(16(21,22)23)25-12-11(10-8(18)4-7(17)5-9(10)19)14(20)26-15-13(12)24-2-3-27(15)28/h2-6H,1H3,(H,25,26)/t6-/m0/s1. The molecule has 0 bridgehead atoms. The first-order valence-corrected chi connectivity index (χ1v) is 7.56.